The Hall–Kier alpha value is -2.49. The Morgan fingerprint density at radius 1 is 0.879 bits per heavy atom. The molecule has 2 unspecified atom stereocenters. The molecule has 0 spiro atoms. The molecule has 2 aromatic rings. The molecule has 33 heavy (non-hydrogen) atoms. The van der Waals surface area contributed by atoms with Crippen LogP contribution in [-0.2, 0) is 14.2 Å². The van der Waals surface area contributed by atoms with Gasteiger partial charge >= 0.3 is 6.09 Å². The molecule has 1 amide bonds. The highest BCUT2D eigenvalue weighted by atomic mass is 16.6. The molecule has 0 aromatic heterocycles. The number of benzene rings is 2. The maximum Gasteiger partial charge on any atom is 0.407 e. The van der Waals surface area contributed by atoms with Crippen molar-refractivity contribution in [3.05, 3.63) is 71.8 Å². The Bertz CT molecular complexity index is 752. The standard InChI is InChI=1S/C15H23NO4.C10H15NO2/c1-15(2,3)20-14(18)16-11-13(19-10-9-17)12-7-5-4-6-8-12;11-8-10(13-7-6-12)9-4-2-1-3-5-9/h4-8,13,17H,9-11H2,1-3H3,(H,16,18);1-5,10,12H,6-8,11H2. The lowest BCUT2D eigenvalue weighted by atomic mass is 10.1. The van der Waals surface area contributed by atoms with Crippen LogP contribution in [0.5, 0.6) is 0 Å². The molecule has 8 heteroatoms. The lowest BCUT2D eigenvalue weighted by Crippen LogP contribution is -2.35. The van der Waals surface area contributed by atoms with Crippen LogP contribution in [0, 0.1) is 0 Å². The topological polar surface area (TPSA) is 123 Å². The molecule has 0 aliphatic carbocycles. The van der Waals surface area contributed by atoms with Crippen molar-refractivity contribution in [2.75, 3.05) is 39.5 Å². The summed E-state index contributed by atoms with van der Waals surface area (Å²) in [7, 11) is 0. The summed E-state index contributed by atoms with van der Waals surface area (Å²) < 4.78 is 16.1. The van der Waals surface area contributed by atoms with Crippen LogP contribution >= 0.6 is 0 Å². The van der Waals surface area contributed by atoms with Crippen LogP contribution in [0.2, 0.25) is 0 Å². The second-order valence-electron chi connectivity index (χ2n) is 8.11. The van der Waals surface area contributed by atoms with Gasteiger partial charge < -0.3 is 35.5 Å². The molecule has 0 saturated heterocycles. The average Bonchev–Trinajstić information content (AvgIpc) is 2.80. The van der Waals surface area contributed by atoms with E-state index >= 15 is 0 Å². The van der Waals surface area contributed by atoms with Gasteiger partial charge in [0.25, 0.3) is 0 Å². The number of carbonyl (C=O) groups is 1. The maximum atomic E-state index is 11.6. The molecule has 2 aromatic carbocycles. The summed E-state index contributed by atoms with van der Waals surface area (Å²) in [5, 5.41) is 20.1. The smallest absolute Gasteiger partial charge is 0.407 e. The summed E-state index contributed by atoms with van der Waals surface area (Å²) in [5.41, 5.74) is 7.01. The van der Waals surface area contributed by atoms with E-state index in [1.807, 2.05) is 81.4 Å². The molecule has 0 heterocycles. The van der Waals surface area contributed by atoms with Gasteiger partial charge in [-0.3, -0.25) is 0 Å². The van der Waals surface area contributed by atoms with Crippen molar-refractivity contribution < 1.29 is 29.2 Å². The van der Waals surface area contributed by atoms with E-state index in [1.54, 1.807) is 0 Å². The highest BCUT2D eigenvalue weighted by Crippen LogP contribution is 2.17. The lowest BCUT2D eigenvalue weighted by molar-refractivity contribution is 0.0204. The van der Waals surface area contributed by atoms with E-state index in [9.17, 15) is 4.79 Å². The van der Waals surface area contributed by atoms with Gasteiger partial charge in [0.2, 0.25) is 0 Å². The Kier molecular flexibility index (Phi) is 14.0. The summed E-state index contributed by atoms with van der Waals surface area (Å²) in [6.45, 7) is 6.67. The largest absolute Gasteiger partial charge is 0.444 e. The quantitative estimate of drug-likeness (QED) is 0.405. The number of aliphatic hydroxyl groups is 2. The van der Waals surface area contributed by atoms with Crippen LogP contribution in [0.4, 0.5) is 4.79 Å². The molecule has 0 saturated carbocycles. The van der Waals surface area contributed by atoms with Crippen molar-refractivity contribution in [3.63, 3.8) is 0 Å². The molecule has 0 bridgehead atoms. The van der Waals surface area contributed by atoms with Gasteiger partial charge in [0.15, 0.2) is 0 Å². The van der Waals surface area contributed by atoms with Gasteiger partial charge in [0.1, 0.15) is 11.7 Å². The minimum absolute atomic E-state index is 0.0311. The van der Waals surface area contributed by atoms with E-state index in [2.05, 4.69) is 5.32 Å². The minimum Gasteiger partial charge on any atom is -0.444 e. The number of rotatable bonds is 11. The van der Waals surface area contributed by atoms with Crippen LogP contribution in [0.3, 0.4) is 0 Å². The second-order valence-corrected chi connectivity index (χ2v) is 8.11. The van der Waals surface area contributed by atoms with E-state index in [0.717, 1.165) is 11.1 Å². The number of alkyl carbamates (subject to hydrolysis) is 1. The van der Waals surface area contributed by atoms with Gasteiger partial charge in [0, 0.05) is 6.54 Å². The summed E-state index contributed by atoms with van der Waals surface area (Å²) in [6.07, 6.45) is -0.893. The Labute approximate surface area is 196 Å². The van der Waals surface area contributed by atoms with E-state index < -0.39 is 11.7 Å². The number of carbonyl (C=O) groups excluding carboxylic acids is 1. The molecule has 2 rings (SSSR count). The van der Waals surface area contributed by atoms with Crippen molar-refractivity contribution in [2.24, 2.45) is 5.73 Å². The van der Waals surface area contributed by atoms with E-state index in [4.69, 9.17) is 30.2 Å². The molecule has 2 atom stereocenters. The third kappa shape index (κ3) is 13.0. The molecule has 0 aliphatic rings. The predicted octanol–water partition coefficient (Wildman–Crippen LogP) is 2.96. The van der Waals surface area contributed by atoms with Crippen LogP contribution in [0.1, 0.15) is 44.1 Å². The first kappa shape index (κ1) is 28.5. The summed E-state index contributed by atoms with van der Waals surface area (Å²) >= 11 is 0. The molecule has 0 aliphatic heterocycles. The van der Waals surface area contributed by atoms with Gasteiger partial charge in [-0.15, -0.1) is 0 Å². The number of nitrogens with one attached hydrogen (secondary N) is 1. The van der Waals surface area contributed by atoms with Gasteiger partial charge in [-0.1, -0.05) is 60.7 Å². The first-order valence-electron chi connectivity index (χ1n) is 11.0. The highest BCUT2D eigenvalue weighted by Gasteiger charge is 2.18. The van der Waals surface area contributed by atoms with Gasteiger partial charge in [0.05, 0.1) is 39.1 Å². The van der Waals surface area contributed by atoms with Crippen LogP contribution in [0.15, 0.2) is 60.7 Å². The van der Waals surface area contributed by atoms with E-state index in [1.165, 1.54) is 0 Å². The first-order valence-corrected chi connectivity index (χ1v) is 11.0. The average molecular weight is 463 g/mol. The van der Waals surface area contributed by atoms with Crippen molar-refractivity contribution in [1.82, 2.24) is 5.32 Å². The summed E-state index contributed by atoms with van der Waals surface area (Å²) in [4.78, 5) is 11.6. The van der Waals surface area contributed by atoms with Crippen LogP contribution in [0.25, 0.3) is 0 Å². The summed E-state index contributed by atoms with van der Waals surface area (Å²) in [6, 6.07) is 19.3. The van der Waals surface area contributed by atoms with Gasteiger partial charge in [-0.25, -0.2) is 4.79 Å². The summed E-state index contributed by atoms with van der Waals surface area (Å²) in [5.74, 6) is 0. The van der Waals surface area contributed by atoms with Crippen molar-refractivity contribution >= 4 is 6.09 Å². The van der Waals surface area contributed by atoms with Crippen LogP contribution < -0.4 is 11.1 Å². The zero-order valence-corrected chi connectivity index (χ0v) is 19.8. The molecular weight excluding hydrogens is 424 g/mol. The maximum absolute atomic E-state index is 11.6. The fraction of sp³-hybridized carbons (Fsp3) is 0.480. The number of aliphatic hydroxyl groups excluding tert-OH is 2. The van der Waals surface area contributed by atoms with Crippen molar-refractivity contribution in [2.45, 2.75) is 38.6 Å². The number of hydrogen-bond acceptors (Lipinski definition) is 7. The number of ether oxygens (including phenoxy) is 3. The van der Waals surface area contributed by atoms with Gasteiger partial charge in [-0.2, -0.15) is 0 Å². The molecule has 8 nitrogen and oxygen atoms in total. The molecule has 0 radical (unpaired) electrons. The van der Waals surface area contributed by atoms with Crippen molar-refractivity contribution in [1.29, 1.82) is 0 Å². The third-order valence-electron chi connectivity index (χ3n) is 4.21. The van der Waals surface area contributed by atoms with Gasteiger partial charge in [-0.05, 0) is 31.9 Å². The number of hydrogen-bond donors (Lipinski definition) is 4. The lowest BCUT2D eigenvalue weighted by Gasteiger charge is -2.22. The van der Waals surface area contributed by atoms with E-state index in [0.29, 0.717) is 19.7 Å². The zero-order chi connectivity index (χ0) is 24.5. The fourth-order valence-electron chi connectivity index (χ4n) is 2.79. The van der Waals surface area contributed by atoms with E-state index in [-0.39, 0.29) is 32.0 Å². The second kappa shape index (κ2) is 16.2. The monoisotopic (exact) mass is 462 g/mol. The minimum atomic E-state index is -0.529. The normalized spacial score (nSPS) is 12.8. The van der Waals surface area contributed by atoms with Crippen molar-refractivity contribution in [3.8, 4) is 0 Å². The number of amides is 1. The SMILES string of the molecule is CC(C)(C)OC(=O)NCC(OCCO)c1ccccc1.NCC(OCCO)c1ccccc1. The third-order valence-corrected chi connectivity index (χ3v) is 4.21. The Balaban J connectivity index is 0.000000361. The van der Waals surface area contributed by atoms with Crippen LogP contribution in [-0.4, -0.2) is 61.4 Å². The molecule has 5 N–H and O–H groups in total. The zero-order valence-electron chi connectivity index (χ0n) is 19.8. The molecule has 0 fully saturated rings. The highest BCUT2D eigenvalue weighted by molar-refractivity contribution is 5.67. The molecular formula is C25H38N2O6. The first-order chi connectivity index (χ1) is 15.8. The molecule has 184 valence electrons. The number of nitrogens with two attached hydrogens (primary N) is 1. The fourth-order valence-corrected chi connectivity index (χ4v) is 2.79. The Morgan fingerprint density at radius 3 is 1.76 bits per heavy atom. The Morgan fingerprint density at radius 2 is 1.33 bits per heavy atom. The predicted molar refractivity (Wildman–Crippen MR) is 128 cm³/mol.